The van der Waals surface area contributed by atoms with Crippen molar-refractivity contribution in [1.29, 1.82) is 0 Å². The van der Waals surface area contributed by atoms with Gasteiger partial charge in [0.05, 0.1) is 12.9 Å². The molecule has 0 aliphatic rings. The Balaban J connectivity index is 1.94. The number of ether oxygens (including phenoxy) is 1. The average Bonchev–Trinajstić information content (AvgIpc) is 2.95. The minimum atomic E-state index is -0.845. The summed E-state index contributed by atoms with van der Waals surface area (Å²) in [5.41, 5.74) is 2.41. The Kier molecular flexibility index (Phi) is 6.66. The van der Waals surface area contributed by atoms with Crippen molar-refractivity contribution in [3.8, 4) is 5.75 Å². The molecule has 0 atom stereocenters. The summed E-state index contributed by atoms with van der Waals surface area (Å²) < 4.78 is 7.27. The number of nitrogens with zero attached hydrogens (tertiary/aromatic N) is 3. The Hall–Kier alpha value is -2.02. The van der Waals surface area contributed by atoms with Gasteiger partial charge in [0.1, 0.15) is 11.6 Å². The van der Waals surface area contributed by atoms with E-state index in [1.165, 1.54) is 17.3 Å². The number of methoxy groups -OCH3 is 1. The van der Waals surface area contributed by atoms with Crippen LogP contribution in [0.2, 0.25) is 0 Å². The fraction of sp³-hybridized carbons (Fsp3) is 0.471. The number of aliphatic carboxylic acids is 1. The number of aromatic nitrogens is 3. The summed E-state index contributed by atoms with van der Waals surface area (Å²) in [5, 5.41) is 17.8. The molecule has 0 saturated heterocycles. The molecule has 1 aromatic carbocycles. The highest BCUT2D eigenvalue weighted by atomic mass is 32.2. The molecule has 24 heavy (non-hydrogen) atoms. The van der Waals surface area contributed by atoms with Crippen LogP contribution in [0.1, 0.15) is 30.3 Å². The number of hydrogen-bond acceptors (Lipinski definition) is 5. The second-order valence-electron chi connectivity index (χ2n) is 5.48. The first kappa shape index (κ1) is 18.3. The zero-order valence-electron chi connectivity index (χ0n) is 14.3. The number of rotatable bonds is 9. The summed E-state index contributed by atoms with van der Waals surface area (Å²) in [4.78, 5) is 10.7. The predicted molar refractivity (Wildman–Crippen MR) is 93.8 cm³/mol. The van der Waals surface area contributed by atoms with Gasteiger partial charge >= 0.3 is 5.97 Å². The minimum absolute atomic E-state index is 0.00323. The average molecular weight is 349 g/mol. The molecule has 6 nitrogen and oxygen atoms in total. The number of thioether (sulfide) groups is 1. The van der Waals surface area contributed by atoms with Gasteiger partial charge in [-0.1, -0.05) is 23.9 Å². The van der Waals surface area contributed by atoms with Crippen LogP contribution in [0.25, 0.3) is 0 Å². The third kappa shape index (κ3) is 4.74. The maximum Gasteiger partial charge on any atom is 0.313 e. The molecule has 0 unspecified atom stereocenters. The number of hydrogen-bond donors (Lipinski definition) is 1. The van der Waals surface area contributed by atoms with Crippen molar-refractivity contribution < 1.29 is 14.6 Å². The lowest BCUT2D eigenvalue weighted by Crippen LogP contribution is -2.06. The second kappa shape index (κ2) is 8.73. The van der Waals surface area contributed by atoms with Gasteiger partial charge in [0.2, 0.25) is 0 Å². The van der Waals surface area contributed by atoms with E-state index in [1.54, 1.807) is 7.11 Å². The normalized spacial score (nSPS) is 10.8. The fourth-order valence-electron chi connectivity index (χ4n) is 2.60. The van der Waals surface area contributed by atoms with Crippen molar-refractivity contribution in [3.63, 3.8) is 0 Å². The van der Waals surface area contributed by atoms with Gasteiger partial charge in [-0.2, -0.15) is 0 Å². The quantitative estimate of drug-likeness (QED) is 0.701. The Morgan fingerprint density at radius 2 is 2.12 bits per heavy atom. The van der Waals surface area contributed by atoms with Crippen molar-refractivity contribution in [1.82, 2.24) is 14.8 Å². The highest BCUT2D eigenvalue weighted by Crippen LogP contribution is 2.21. The zero-order valence-corrected chi connectivity index (χ0v) is 15.1. The molecule has 1 N–H and O–H groups in total. The number of aryl methyl sites for hydroxylation is 3. The highest BCUT2D eigenvalue weighted by Gasteiger charge is 2.12. The number of benzene rings is 1. The molecule has 0 aliphatic carbocycles. The zero-order chi connectivity index (χ0) is 17.5. The summed E-state index contributed by atoms with van der Waals surface area (Å²) in [6.07, 6.45) is 2.74. The Bertz CT molecular complexity index is 700. The summed E-state index contributed by atoms with van der Waals surface area (Å²) in [5.74, 6) is 0.978. The van der Waals surface area contributed by atoms with E-state index in [1.807, 2.05) is 24.5 Å². The molecule has 2 rings (SSSR count). The molecule has 7 heteroatoms. The monoisotopic (exact) mass is 349 g/mol. The molecule has 1 aromatic heterocycles. The molecule has 0 fully saturated rings. The largest absolute Gasteiger partial charge is 0.496 e. The Labute approximate surface area is 146 Å². The van der Waals surface area contributed by atoms with Crippen LogP contribution < -0.4 is 4.74 Å². The first-order valence-electron chi connectivity index (χ1n) is 7.95. The lowest BCUT2D eigenvalue weighted by Gasteiger charge is -2.08. The molecular formula is C17H23N3O3S. The molecule has 0 bridgehead atoms. The van der Waals surface area contributed by atoms with Crippen LogP contribution in [0.4, 0.5) is 0 Å². The van der Waals surface area contributed by atoms with E-state index < -0.39 is 5.97 Å². The standard InChI is InChI=1S/C17H23N3O3S/c1-4-20-15(18-19-17(20)24-11-16(21)22)7-5-6-13-8-9-14(23-3)12(2)10-13/h8-10H,4-7,11H2,1-3H3,(H,21,22). The summed E-state index contributed by atoms with van der Waals surface area (Å²) in [6, 6.07) is 6.24. The van der Waals surface area contributed by atoms with E-state index in [0.29, 0.717) is 5.16 Å². The van der Waals surface area contributed by atoms with Gasteiger partial charge in [-0.25, -0.2) is 0 Å². The van der Waals surface area contributed by atoms with Gasteiger partial charge in [-0.05, 0) is 43.9 Å². The molecule has 1 heterocycles. The molecule has 130 valence electrons. The molecule has 2 aromatic rings. The van der Waals surface area contributed by atoms with E-state index in [9.17, 15) is 4.79 Å². The first-order chi connectivity index (χ1) is 11.5. The van der Waals surface area contributed by atoms with Crippen LogP contribution in [0, 0.1) is 6.92 Å². The lowest BCUT2D eigenvalue weighted by atomic mass is 10.0. The van der Waals surface area contributed by atoms with E-state index in [2.05, 4.69) is 22.3 Å². The third-order valence-corrected chi connectivity index (χ3v) is 4.71. The topological polar surface area (TPSA) is 77.2 Å². The predicted octanol–water partition coefficient (Wildman–Crippen LogP) is 2.97. The summed E-state index contributed by atoms with van der Waals surface area (Å²) in [7, 11) is 1.68. The van der Waals surface area contributed by atoms with E-state index in [4.69, 9.17) is 9.84 Å². The maximum atomic E-state index is 10.7. The summed E-state index contributed by atoms with van der Waals surface area (Å²) >= 11 is 1.21. The summed E-state index contributed by atoms with van der Waals surface area (Å²) in [6.45, 7) is 4.80. The number of carboxylic acid groups (broad SMARTS) is 1. The van der Waals surface area contributed by atoms with Crippen molar-refractivity contribution in [2.45, 2.75) is 44.8 Å². The fourth-order valence-corrected chi connectivity index (χ4v) is 3.34. The van der Waals surface area contributed by atoms with Crippen LogP contribution in [0.5, 0.6) is 5.75 Å². The van der Waals surface area contributed by atoms with Gasteiger partial charge in [-0.3, -0.25) is 4.79 Å². The maximum absolute atomic E-state index is 10.7. The molecular weight excluding hydrogens is 326 g/mol. The van der Waals surface area contributed by atoms with Gasteiger partial charge < -0.3 is 14.4 Å². The molecule has 0 aliphatic heterocycles. The smallest absolute Gasteiger partial charge is 0.313 e. The van der Waals surface area contributed by atoms with E-state index in [-0.39, 0.29) is 5.75 Å². The minimum Gasteiger partial charge on any atom is -0.496 e. The van der Waals surface area contributed by atoms with Crippen LogP contribution >= 0.6 is 11.8 Å². The van der Waals surface area contributed by atoms with Crippen molar-refractivity contribution in [2.24, 2.45) is 0 Å². The van der Waals surface area contributed by atoms with E-state index >= 15 is 0 Å². The SMILES string of the molecule is CCn1c(CCCc2ccc(OC)c(C)c2)nnc1SCC(=O)O. The molecule has 0 spiro atoms. The third-order valence-electron chi connectivity index (χ3n) is 3.76. The molecule has 0 saturated carbocycles. The second-order valence-corrected chi connectivity index (χ2v) is 6.43. The van der Waals surface area contributed by atoms with Crippen molar-refractivity contribution in [2.75, 3.05) is 12.9 Å². The van der Waals surface area contributed by atoms with Crippen LogP contribution in [0.15, 0.2) is 23.4 Å². The van der Waals surface area contributed by atoms with Crippen molar-refractivity contribution >= 4 is 17.7 Å². The Morgan fingerprint density at radius 1 is 1.33 bits per heavy atom. The van der Waals surface area contributed by atoms with Gasteiger partial charge in [-0.15, -0.1) is 10.2 Å². The van der Waals surface area contributed by atoms with E-state index in [0.717, 1.165) is 42.9 Å². The number of carboxylic acids is 1. The first-order valence-corrected chi connectivity index (χ1v) is 8.93. The van der Waals surface area contributed by atoms with Gasteiger partial charge in [0, 0.05) is 13.0 Å². The van der Waals surface area contributed by atoms with Crippen LogP contribution in [-0.4, -0.2) is 38.7 Å². The highest BCUT2D eigenvalue weighted by molar-refractivity contribution is 7.99. The van der Waals surface area contributed by atoms with Gasteiger partial charge in [0.25, 0.3) is 0 Å². The molecule has 0 radical (unpaired) electrons. The van der Waals surface area contributed by atoms with Crippen LogP contribution in [-0.2, 0) is 24.2 Å². The lowest BCUT2D eigenvalue weighted by molar-refractivity contribution is -0.133. The van der Waals surface area contributed by atoms with Crippen LogP contribution in [0.3, 0.4) is 0 Å². The van der Waals surface area contributed by atoms with Crippen molar-refractivity contribution in [3.05, 3.63) is 35.2 Å². The molecule has 0 amide bonds. The Morgan fingerprint density at radius 3 is 2.75 bits per heavy atom. The van der Waals surface area contributed by atoms with Gasteiger partial charge in [0.15, 0.2) is 5.16 Å². The number of carbonyl (C=O) groups is 1.